The van der Waals surface area contributed by atoms with E-state index < -0.39 is 0 Å². The van der Waals surface area contributed by atoms with Gasteiger partial charge in [0.05, 0.1) is 11.4 Å². The minimum Gasteiger partial charge on any atom is -0.493 e. The number of aryl methyl sites for hydroxylation is 3. The Labute approximate surface area is 139 Å². The number of fused-ring (bicyclic) bond motifs is 1. The van der Waals surface area contributed by atoms with Gasteiger partial charge in [-0.05, 0) is 55.2 Å². The summed E-state index contributed by atoms with van der Waals surface area (Å²) in [5.41, 5.74) is 7.53. The molecule has 2 aromatic rings. The van der Waals surface area contributed by atoms with Gasteiger partial charge < -0.3 is 4.74 Å². The van der Waals surface area contributed by atoms with Crippen LogP contribution in [0.5, 0.6) is 5.75 Å². The number of alkyl halides is 1. The Bertz CT molecular complexity index is 686. The lowest BCUT2D eigenvalue weighted by Gasteiger charge is -2.20. The topological polar surface area (TPSA) is 9.23 Å². The molecule has 1 unspecified atom stereocenters. The van der Waals surface area contributed by atoms with Crippen molar-refractivity contribution in [1.29, 1.82) is 0 Å². The van der Waals surface area contributed by atoms with Gasteiger partial charge in [-0.2, -0.15) is 0 Å². The fourth-order valence-electron chi connectivity index (χ4n) is 3.23. The average Bonchev–Trinajstić information content (AvgIpc) is 2.84. The molecule has 2 aromatic carbocycles. The Kier molecular flexibility index (Phi) is 4.02. The number of benzene rings is 2. The van der Waals surface area contributed by atoms with Crippen LogP contribution in [0.25, 0.3) is 0 Å². The van der Waals surface area contributed by atoms with E-state index in [0.29, 0.717) is 0 Å². The molecule has 0 N–H and O–H groups in total. The van der Waals surface area contributed by atoms with E-state index in [1.165, 1.54) is 27.8 Å². The van der Waals surface area contributed by atoms with Crippen molar-refractivity contribution < 1.29 is 4.74 Å². The van der Waals surface area contributed by atoms with Crippen LogP contribution in [0.4, 0.5) is 0 Å². The summed E-state index contributed by atoms with van der Waals surface area (Å²) in [4.78, 5) is 0.101. The molecule has 21 heavy (non-hydrogen) atoms. The van der Waals surface area contributed by atoms with E-state index in [0.717, 1.165) is 29.4 Å². The zero-order valence-electron chi connectivity index (χ0n) is 12.5. The van der Waals surface area contributed by atoms with Gasteiger partial charge in [-0.1, -0.05) is 45.2 Å². The van der Waals surface area contributed by atoms with Crippen LogP contribution in [-0.2, 0) is 6.42 Å². The van der Waals surface area contributed by atoms with Gasteiger partial charge in [-0.3, -0.25) is 0 Å². The van der Waals surface area contributed by atoms with E-state index in [9.17, 15) is 0 Å². The molecule has 1 atom stereocenters. The largest absolute Gasteiger partial charge is 0.493 e. The van der Waals surface area contributed by atoms with Gasteiger partial charge in [-0.15, -0.1) is 0 Å². The van der Waals surface area contributed by atoms with Crippen LogP contribution in [0.15, 0.2) is 24.3 Å². The summed E-state index contributed by atoms with van der Waals surface area (Å²) in [6.45, 7) is 7.20. The van der Waals surface area contributed by atoms with Crippen molar-refractivity contribution in [2.45, 2.75) is 32.0 Å². The highest BCUT2D eigenvalue weighted by Gasteiger charge is 2.24. The SMILES string of the molecule is Cc1cc(C)c(C(Br)c2cc(Cl)cc3c2OCC3)c(C)c1. The molecular formula is C18H18BrClO. The third-order valence-corrected chi connectivity index (χ3v) is 5.21. The maximum absolute atomic E-state index is 6.29. The zero-order chi connectivity index (χ0) is 15.1. The lowest BCUT2D eigenvalue weighted by molar-refractivity contribution is 0.354. The van der Waals surface area contributed by atoms with Gasteiger partial charge in [0.25, 0.3) is 0 Å². The van der Waals surface area contributed by atoms with Crippen LogP contribution in [-0.4, -0.2) is 6.61 Å². The Morgan fingerprint density at radius 2 is 1.76 bits per heavy atom. The first-order valence-electron chi connectivity index (χ1n) is 7.14. The Hall–Kier alpha value is -0.990. The quantitative estimate of drug-likeness (QED) is 0.622. The van der Waals surface area contributed by atoms with Crippen molar-refractivity contribution in [3.63, 3.8) is 0 Å². The molecule has 0 spiro atoms. The van der Waals surface area contributed by atoms with E-state index >= 15 is 0 Å². The summed E-state index contributed by atoms with van der Waals surface area (Å²) >= 11 is 10.2. The van der Waals surface area contributed by atoms with E-state index in [1.807, 2.05) is 12.1 Å². The molecule has 0 bridgehead atoms. The van der Waals surface area contributed by atoms with Gasteiger partial charge in [0.15, 0.2) is 0 Å². The Morgan fingerprint density at radius 1 is 1.10 bits per heavy atom. The minimum absolute atomic E-state index is 0.101. The summed E-state index contributed by atoms with van der Waals surface area (Å²) in [6.07, 6.45) is 0.939. The predicted octanol–water partition coefficient (Wildman–Crippen LogP) is 5.68. The molecule has 1 heterocycles. The van der Waals surface area contributed by atoms with Crippen molar-refractivity contribution >= 4 is 27.5 Å². The molecule has 0 aliphatic carbocycles. The van der Waals surface area contributed by atoms with Crippen molar-refractivity contribution in [2.75, 3.05) is 6.61 Å². The number of halogens is 2. The lowest BCUT2D eigenvalue weighted by atomic mass is 9.93. The molecule has 3 heteroatoms. The highest BCUT2D eigenvalue weighted by Crippen LogP contribution is 2.44. The van der Waals surface area contributed by atoms with Gasteiger partial charge >= 0.3 is 0 Å². The average molecular weight is 366 g/mol. The second kappa shape index (κ2) is 5.66. The van der Waals surface area contributed by atoms with E-state index in [2.05, 4.69) is 48.8 Å². The molecule has 0 amide bonds. The van der Waals surface area contributed by atoms with Crippen LogP contribution < -0.4 is 4.74 Å². The molecule has 1 aliphatic heterocycles. The molecule has 1 nitrogen and oxygen atoms in total. The van der Waals surface area contributed by atoms with Crippen molar-refractivity contribution in [1.82, 2.24) is 0 Å². The van der Waals surface area contributed by atoms with Crippen LogP contribution in [0, 0.1) is 20.8 Å². The Morgan fingerprint density at radius 3 is 2.43 bits per heavy atom. The molecule has 0 saturated carbocycles. The monoisotopic (exact) mass is 364 g/mol. The number of hydrogen-bond donors (Lipinski definition) is 0. The zero-order valence-corrected chi connectivity index (χ0v) is 14.8. The predicted molar refractivity (Wildman–Crippen MR) is 92.1 cm³/mol. The summed E-state index contributed by atoms with van der Waals surface area (Å²) in [5, 5.41) is 0.779. The molecule has 110 valence electrons. The maximum atomic E-state index is 6.29. The third kappa shape index (κ3) is 2.72. The molecule has 0 saturated heterocycles. The van der Waals surface area contributed by atoms with E-state index in [4.69, 9.17) is 16.3 Å². The molecular weight excluding hydrogens is 348 g/mol. The summed E-state index contributed by atoms with van der Waals surface area (Å²) in [6, 6.07) is 8.48. The second-order valence-electron chi connectivity index (χ2n) is 5.76. The number of hydrogen-bond acceptors (Lipinski definition) is 1. The lowest BCUT2D eigenvalue weighted by Crippen LogP contribution is -2.02. The minimum atomic E-state index is 0.101. The highest BCUT2D eigenvalue weighted by molar-refractivity contribution is 9.09. The first kappa shape index (κ1) is 14.9. The molecule has 0 radical (unpaired) electrons. The first-order chi connectivity index (χ1) is 9.97. The van der Waals surface area contributed by atoms with Crippen LogP contribution in [0.1, 0.15) is 38.2 Å². The maximum Gasteiger partial charge on any atom is 0.127 e. The van der Waals surface area contributed by atoms with E-state index in [-0.39, 0.29) is 4.83 Å². The van der Waals surface area contributed by atoms with E-state index in [1.54, 1.807) is 0 Å². The molecule has 3 rings (SSSR count). The number of ether oxygens (including phenoxy) is 1. The standard InChI is InChI=1S/C18H18BrClO/c1-10-6-11(2)16(12(3)7-10)17(19)15-9-14(20)8-13-4-5-21-18(13)15/h6-9,17H,4-5H2,1-3H3. The summed E-state index contributed by atoms with van der Waals surface area (Å²) < 4.78 is 5.84. The van der Waals surface area contributed by atoms with Crippen molar-refractivity contribution in [2.24, 2.45) is 0 Å². The van der Waals surface area contributed by atoms with Gasteiger partial charge in [-0.25, -0.2) is 0 Å². The molecule has 0 aromatic heterocycles. The number of rotatable bonds is 2. The smallest absolute Gasteiger partial charge is 0.127 e. The highest BCUT2D eigenvalue weighted by atomic mass is 79.9. The third-order valence-electron chi connectivity index (χ3n) is 4.04. The second-order valence-corrected chi connectivity index (χ2v) is 7.11. The van der Waals surface area contributed by atoms with Crippen molar-refractivity contribution in [3.05, 3.63) is 62.7 Å². The molecule has 0 fully saturated rings. The fraction of sp³-hybridized carbons (Fsp3) is 0.333. The van der Waals surface area contributed by atoms with Crippen LogP contribution in [0.2, 0.25) is 5.02 Å². The summed E-state index contributed by atoms with van der Waals surface area (Å²) in [5.74, 6) is 1.00. The normalized spacial score (nSPS) is 14.7. The van der Waals surface area contributed by atoms with Gasteiger partial charge in [0.1, 0.15) is 5.75 Å². The Balaban J connectivity index is 2.14. The fourth-order valence-corrected chi connectivity index (χ4v) is 4.54. The molecule has 1 aliphatic rings. The van der Waals surface area contributed by atoms with Crippen LogP contribution >= 0.6 is 27.5 Å². The van der Waals surface area contributed by atoms with Gasteiger partial charge in [0.2, 0.25) is 0 Å². The first-order valence-corrected chi connectivity index (χ1v) is 8.43. The van der Waals surface area contributed by atoms with Crippen LogP contribution in [0.3, 0.4) is 0 Å². The van der Waals surface area contributed by atoms with Gasteiger partial charge in [0, 0.05) is 17.0 Å². The summed E-state index contributed by atoms with van der Waals surface area (Å²) in [7, 11) is 0. The van der Waals surface area contributed by atoms with Crippen molar-refractivity contribution in [3.8, 4) is 5.75 Å².